The Balaban J connectivity index is 1.39. The van der Waals surface area contributed by atoms with Crippen molar-refractivity contribution in [3.05, 3.63) is 65.2 Å². The number of aryl methyl sites for hydroxylation is 2. The van der Waals surface area contributed by atoms with Crippen LogP contribution in [0, 0.1) is 0 Å². The third-order valence-corrected chi connectivity index (χ3v) is 6.98. The minimum absolute atomic E-state index is 0.0991. The summed E-state index contributed by atoms with van der Waals surface area (Å²) < 4.78 is 7.59. The van der Waals surface area contributed by atoms with E-state index in [-0.39, 0.29) is 5.91 Å². The van der Waals surface area contributed by atoms with Crippen molar-refractivity contribution in [3.8, 4) is 11.3 Å². The Labute approximate surface area is 203 Å². The lowest BCUT2D eigenvalue weighted by atomic mass is 9.95. The summed E-state index contributed by atoms with van der Waals surface area (Å²) in [7, 11) is 1.97. The fourth-order valence-corrected chi connectivity index (χ4v) is 5.25. The summed E-state index contributed by atoms with van der Waals surface area (Å²) in [4.78, 5) is 27.1. The minimum atomic E-state index is -0.0991. The van der Waals surface area contributed by atoms with E-state index in [1.807, 2.05) is 36.0 Å². The predicted molar refractivity (Wildman–Crippen MR) is 135 cm³/mol. The lowest BCUT2D eigenvalue weighted by Crippen LogP contribution is -2.14. The van der Waals surface area contributed by atoms with E-state index in [1.54, 1.807) is 12.4 Å². The average molecular weight is 469 g/mol. The van der Waals surface area contributed by atoms with Crippen LogP contribution in [0.1, 0.15) is 52.9 Å². The number of pyridine rings is 3. The van der Waals surface area contributed by atoms with Gasteiger partial charge >= 0.3 is 0 Å². The van der Waals surface area contributed by atoms with Gasteiger partial charge in [-0.2, -0.15) is 0 Å². The van der Waals surface area contributed by atoms with Crippen molar-refractivity contribution in [2.45, 2.75) is 38.6 Å². The van der Waals surface area contributed by atoms with Crippen LogP contribution >= 0.6 is 0 Å². The standard InChI is InChI=1S/C27H28N6O2/c1-3-4-21-17(16-9-12-35-15-16)5-6-23(31-21)32-22-14-29-25(20-13-30-27(34)24(20)22)18-7-10-28-26-19(18)8-11-33(26)2/h5-8,10-11,14,16H,3-4,9,12-13,15H2,1-2H3,(H,30,34)(H,31,32)/t16-/m0/s1. The van der Waals surface area contributed by atoms with Crippen molar-refractivity contribution >= 4 is 28.4 Å². The van der Waals surface area contributed by atoms with Crippen molar-refractivity contribution in [1.82, 2.24) is 24.8 Å². The van der Waals surface area contributed by atoms with Crippen LogP contribution in [-0.4, -0.2) is 38.6 Å². The van der Waals surface area contributed by atoms with Gasteiger partial charge < -0.3 is 19.9 Å². The molecule has 8 heteroatoms. The number of carbonyl (C=O) groups excluding carboxylic acids is 1. The number of amides is 1. The van der Waals surface area contributed by atoms with Gasteiger partial charge in [-0.3, -0.25) is 9.78 Å². The van der Waals surface area contributed by atoms with Gasteiger partial charge in [-0.15, -0.1) is 0 Å². The van der Waals surface area contributed by atoms with Crippen LogP contribution < -0.4 is 10.6 Å². The predicted octanol–water partition coefficient (Wildman–Crippen LogP) is 4.47. The van der Waals surface area contributed by atoms with Crippen molar-refractivity contribution in [1.29, 1.82) is 0 Å². The van der Waals surface area contributed by atoms with Gasteiger partial charge in [0.15, 0.2) is 0 Å². The van der Waals surface area contributed by atoms with E-state index < -0.39 is 0 Å². The third-order valence-electron chi connectivity index (χ3n) is 6.98. The number of rotatable bonds is 6. The van der Waals surface area contributed by atoms with Gasteiger partial charge in [0.2, 0.25) is 0 Å². The largest absolute Gasteiger partial charge is 0.381 e. The van der Waals surface area contributed by atoms with E-state index in [9.17, 15) is 4.79 Å². The van der Waals surface area contributed by atoms with E-state index in [2.05, 4.69) is 28.6 Å². The van der Waals surface area contributed by atoms with Gasteiger partial charge in [-0.05, 0) is 36.6 Å². The van der Waals surface area contributed by atoms with Crippen LogP contribution in [0.5, 0.6) is 0 Å². The number of anilines is 2. The lowest BCUT2D eigenvalue weighted by Gasteiger charge is -2.17. The van der Waals surface area contributed by atoms with Gasteiger partial charge in [0.1, 0.15) is 11.5 Å². The smallest absolute Gasteiger partial charge is 0.254 e. The summed E-state index contributed by atoms with van der Waals surface area (Å²) >= 11 is 0. The van der Waals surface area contributed by atoms with Gasteiger partial charge in [-0.1, -0.05) is 19.4 Å². The molecule has 0 spiro atoms. The molecule has 1 atom stereocenters. The molecule has 4 aromatic heterocycles. The first-order valence-corrected chi connectivity index (χ1v) is 12.2. The maximum absolute atomic E-state index is 12.9. The molecule has 1 amide bonds. The minimum Gasteiger partial charge on any atom is -0.381 e. The molecule has 0 bridgehead atoms. The average Bonchev–Trinajstić information content (AvgIpc) is 3.61. The first-order valence-electron chi connectivity index (χ1n) is 12.2. The van der Waals surface area contributed by atoms with Gasteiger partial charge in [0.25, 0.3) is 5.91 Å². The fraction of sp³-hybridized carbons (Fsp3) is 0.333. The van der Waals surface area contributed by atoms with Crippen LogP contribution in [0.25, 0.3) is 22.3 Å². The fourth-order valence-electron chi connectivity index (χ4n) is 5.25. The molecule has 0 saturated carbocycles. The summed E-state index contributed by atoms with van der Waals surface area (Å²) in [6.07, 6.45) is 8.49. The Morgan fingerprint density at radius 1 is 1.23 bits per heavy atom. The summed E-state index contributed by atoms with van der Waals surface area (Å²) in [5.41, 5.74) is 7.23. The monoisotopic (exact) mass is 468 g/mol. The second-order valence-electron chi connectivity index (χ2n) is 9.25. The van der Waals surface area contributed by atoms with E-state index in [0.29, 0.717) is 23.7 Å². The highest BCUT2D eigenvalue weighted by atomic mass is 16.5. The Morgan fingerprint density at radius 2 is 2.14 bits per heavy atom. The Morgan fingerprint density at radius 3 is 2.97 bits per heavy atom. The number of aromatic nitrogens is 4. The number of hydrogen-bond donors (Lipinski definition) is 2. The Bertz CT molecular complexity index is 1440. The van der Waals surface area contributed by atoms with Gasteiger partial charge in [0, 0.05) is 60.7 Å². The van der Waals surface area contributed by atoms with Crippen LogP contribution in [0.2, 0.25) is 0 Å². The summed E-state index contributed by atoms with van der Waals surface area (Å²) in [6.45, 7) is 4.17. The number of carbonyl (C=O) groups is 1. The van der Waals surface area contributed by atoms with Gasteiger partial charge in [0.05, 0.1) is 29.7 Å². The van der Waals surface area contributed by atoms with Crippen molar-refractivity contribution in [3.63, 3.8) is 0 Å². The molecule has 6 heterocycles. The molecule has 2 aliphatic rings. The molecule has 1 fully saturated rings. The molecular weight excluding hydrogens is 440 g/mol. The Hall–Kier alpha value is -3.78. The number of ether oxygens (including phenoxy) is 1. The highest BCUT2D eigenvalue weighted by Crippen LogP contribution is 2.36. The van der Waals surface area contributed by atoms with Crippen LogP contribution in [0.3, 0.4) is 0 Å². The van der Waals surface area contributed by atoms with E-state index >= 15 is 0 Å². The number of hydrogen-bond acceptors (Lipinski definition) is 6. The highest BCUT2D eigenvalue weighted by Gasteiger charge is 2.28. The molecule has 35 heavy (non-hydrogen) atoms. The highest BCUT2D eigenvalue weighted by molar-refractivity contribution is 6.06. The third kappa shape index (κ3) is 3.74. The van der Waals surface area contributed by atoms with Crippen molar-refractivity contribution in [2.75, 3.05) is 18.5 Å². The van der Waals surface area contributed by atoms with Crippen molar-refractivity contribution < 1.29 is 9.53 Å². The quantitative estimate of drug-likeness (QED) is 0.434. The molecule has 8 nitrogen and oxygen atoms in total. The SMILES string of the molecule is CCCc1nc(Nc2cnc(-c3ccnc4c3ccn4C)c3c2C(=O)NC3)ccc1[C@H]1CCOC1. The number of nitrogens with one attached hydrogen (secondary N) is 2. The zero-order valence-corrected chi connectivity index (χ0v) is 20.0. The first kappa shape index (κ1) is 21.7. The van der Waals surface area contributed by atoms with E-state index in [4.69, 9.17) is 14.7 Å². The van der Waals surface area contributed by atoms with E-state index in [0.717, 1.165) is 71.8 Å². The molecule has 1 saturated heterocycles. The van der Waals surface area contributed by atoms with Crippen LogP contribution in [0.4, 0.5) is 11.5 Å². The van der Waals surface area contributed by atoms with E-state index in [1.165, 1.54) is 5.56 Å². The zero-order chi connectivity index (χ0) is 23.9. The second-order valence-corrected chi connectivity index (χ2v) is 9.25. The molecule has 2 aliphatic heterocycles. The maximum atomic E-state index is 12.9. The van der Waals surface area contributed by atoms with Crippen molar-refractivity contribution in [2.24, 2.45) is 7.05 Å². The molecule has 2 N–H and O–H groups in total. The number of fused-ring (bicyclic) bond motifs is 2. The molecule has 0 aliphatic carbocycles. The molecule has 0 aromatic carbocycles. The Kier molecular flexibility index (Phi) is 5.45. The molecule has 178 valence electrons. The second kappa shape index (κ2) is 8.78. The molecule has 6 rings (SSSR count). The topological polar surface area (TPSA) is 94.0 Å². The number of nitrogens with zero attached hydrogens (tertiary/aromatic N) is 4. The summed E-state index contributed by atoms with van der Waals surface area (Å²) in [5, 5.41) is 7.38. The normalized spacial score (nSPS) is 17.1. The van der Waals surface area contributed by atoms with Crippen LogP contribution in [0.15, 0.2) is 42.9 Å². The molecule has 4 aromatic rings. The molecule has 0 unspecified atom stereocenters. The van der Waals surface area contributed by atoms with Gasteiger partial charge in [-0.25, -0.2) is 9.97 Å². The van der Waals surface area contributed by atoms with Crippen LogP contribution in [-0.2, 0) is 24.8 Å². The summed E-state index contributed by atoms with van der Waals surface area (Å²) in [5.74, 6) is 1.03. The lowest BCUT2D eigenvalue weighted by molar-refractivity contribution is 0.0966. The summed E-state index contributed by atoms with van der Waals surface area (Å²) in [6, 6.07) is 8.16. The zero-order valence-electron chi connectivity index (χ0n) is 20.0. The molecule has 0 radical (unpaired) electrons. The maximum Gasteiger partial charge on any atom is 0.254 e. The molecular formula is C27H28N6O2. The first-order chi connectivity index (χ1) is 17.1.